The summed E-state index contributed by atoms with van der Waals surface area (Å²) >= 11 is 3.26. The van der Waals surface area contributed by atoms with Gasteiger partial charge in [0.05, 0.1) is 5.56 Å². The quantitative estimate of drug-likeness (QED) is 0.797. The molecule has 0 spiro atoms. The van der Waals surface area contributed by atoms with E-state index in [4.69, 9.17) is 0 Å². The molecule has 1 heterocycles. The van der Waals surface area contributed by atoms with Crippen LogP contribution < -0.4 is 0 Å². The lowest BCUT2D eigenvalue weighted by atomic mass is 10.1. The van der Waals surface area contributed by atoms with Gasteiger partial charge in [0.25, 0.3) is 0 Å². The summed E-state index contributed by atoms with van der Waals surface area (Å²) in [6, 6.07) is 8.90. The number of hydrogen-bond donors (Lipinski definition) is 0. The molecule has 0 saturated heterocycles. The molecule has 0 atom stereocenters. The smallest absolute Gasteiger partial charge is 0.260 e. The van der Waals surface area contributed by atoms with Gasteiger partial charge in [-0.2, -0.15) is 13.2 Å². The molecule has 5 heteroatoms. The van der Waals surface area contributed by atoms with Gasteiger partial charge in [0.1, 0.15) is 0 Å². The number of nitrogens with zero attached hydrogens (tertiary/aromatic N) is 1. The SMILES string of the molecule is FC(F)(F)c1cccc(Cc2ccc(Br)cn2)c1. The van der Waals surface area contributed by atoms with Gasteiger partial charge < -0.3 is 0 Å². The molecule has 1 aromatic heterocycles. The van der Waals surface area contributed by atoms with Gasteiger partial charge in [-0.15, -0.1) is 0 Å². The molecule has 0 saturated carbocycles. The average molecular weight is 316 g/mol. The first-order valence-electron chi connectivity index (χ1n) is 5.22. The van der Waals surface area contributed by atoms with Crippen molar-refractivity contribution in [2.24, 2.45) is 0 Å². The number of pyridine rings is 1. The summed E-state index contributed by atoms with van der Waals surface area (Å²) < 4.78 is 38.5. The van der Waals surface area contributed by atoms with Crippen LogP contribution in [0.3, 0.4) is 0 Å². The highest BCUT2D eigenvalue weighted by atomic mass is 79.9. The molecule has 2 rings (SSSR count). The number of aromatic nitrogens is 1. The average Bonchev–Trinajstić information content (AvgIpc) is 2.31. The van der Waals surface area contributed by atoms with Gasteiger partial charge in [-0.25, -0.2) is 0 Å². The van der Waals surface area contributed by atoms with Crippen LogP contribution in [0.2, 0.25) is 0 Å². The number of halogens is 4. The summed E-state index contributed by atoms with van der Waals surface area (Å²) in [5.41, 5.74) is 0.703. The van der Waals surface area contributed by atoms with Crippen LogP contribution >= 0.6 is 15.9 Å². The highest BCUT2D eigenvalue weighted by Gasteiger charge is 2.30. The third-order valence-electron chi connectivity index (χ3n) is 2.43. The van der Waals surface area contributed by atoms with Crippen LogP contribution in [0.4, 0.5) is 13.2 Å². The fourth-order valence-corrected chi connectivity index (χ4v) is 1.81. The van der Waals surface area contributed by atoms with E-state index >= 15 is 0 Å². The molecule has 0 unspecified atom stereocenters. The number of rotatable bonds is 2. The molecule has 0 aliphatic rings. The Morgan fingerprint density at radius 3 is 2.50 bits per heavy atom. The van der Waals surface area contributed by atoms with Crippen LogP contribution in [0.1, 0.15) is 16.8 Å². The predicted molar refractivity (Wildman–Crippen MR) is 66.2 cm³/mol. The topological polar surface area (TPSA) is 12.9 Å². The minimum atomic E-state index is -4.30. The Morgan fingerprint density at radius 1 is 1.11 bits per heavy atom. The number of alkyl halides is 3. The highest BCUT2D eigenvalue weighted by Crippen LogP contribution is 2.29. The standard InChI is InChI=1S/C13H9BrF3N/c14-11-4-5-12(18-8-11)7-9-2-1-3-10(6-9)13(15,16)17/h1-6,8H,7H2. The normalized spacial score (nSPS) is 11.6. The van der Waals surface area contributed by atoms with Crippen LogP contribution in [-0.4, -0.2) is 4.98 Å². The van der Waals surface area contributed by atoms with Gasteiger partial charge in [-0.05, 0) is 39.7 Å². The highest BCUT2D eigenvalue weighted by molar-refractivity contribution is 9.10. The zero-order valence-electron chi connectivity index (χ0n) is 9.21. The van der Waals surface area contributed by atoms with Crippen molar-refractivity contribution in [3.8, 4) is 0 Å². The monoisotopic (exact) mass is 315 g/mol. The number of hydrogen-bond acceptors (Lipinski definition) is 1. The van der Waals surface area contributed by atoms with Gasteiger partial charge in [0.15, 0.2) is 0 Å². The third kappa shape index (κ3) is 3.32. The molecule has 1 aromatic carbocycles. The van der Waals surface area contributed by atoms with Crippen molar-refractivity contribution in [2.45, 2.75) is 12.6 Å². The first kappa shape index (κ1) is 13.1. The van der Waals surface area contributed by atoms with Crippen molar-refractivity contribution in [3.63, 3.8) is 0 Å². The van der Waals surface area contributed by atoms with Crippen LogP contribution in [0.5, 0.6) is 0 Å². The minimum absolute atomic E-state index is 0.386. The maximum absolute atomic E-state index is 12.5. The maximum atomic E-state index is 12.5. The lowest BCUT2D eigenvalue weighted by Gasteiger charge is -2.08. The molecular formula is C13H9BrF3N. The Hall–Kier alpha value is -1.36. The van der Waals surface area contributed by atoms with Crippen molar-refractivity contribution < 1.29 is 13.2 Å². The van der Waals surface area contributed by atoms with Crippen molar-refractivity contribution in [1.29, 1.82) is 0 Å². The van der Waals surface area contributed by atoms with Gasteiger partial charge >= 0.3 is 6.18 Å². The van der Waals surface area contributed by atoms with Crippen molar-refractivity contribution >= 4 is 15.9 Å². The van der Waals surface area contributed by atoms with E-state index in [1.165, 1.54) is 6.07 Å². The first-order valence-corrected chi connectivity index (χ1v) is 6.01. The van der Waals surface area contributed by atoms with Gasteiger partial charge in [-0.1, -0.05) is 18.2 Å². The summed E-state index contributed by atoms with van der Waals surface area (Å²) in [7, 11) is 0. The van der Waals surface area contributed by atoms with E-state index in [0.717, 1.165) is 22.3 Å². The van der Waals surface area contributed by atoms with E-state index in [2.05, 4.69) is 20.9 Å². The molecule has 0 aliphatic heterocycles. The molecule has 0 N–H and O–H groups in total. The third-order valence-corrected chi connectivity index (χ3v) is 2.90. The van der Waals surface area contributed by atoms with Gasteiger partial charge in [0.2, 0.25) is 0 Å². The molecular weight excluding hydrogens is 307 g/mol. The van der Waals surface area contributed by atoms with E-state index in [-0.39, 0.29) is 0 Å². The molecule has 94 valence electrons. The second kappa shape index (κ2) is 5.10. The summed E-state index contributed by atoms with van der Waals surface area (Å²) in [5, 5.41) is 0. The summed E-state index contributed by atoms with van der Waals surface area (Å²) in [4.78, 5) is 4.14. The summed E-state index contributed by atoms with van der Waals surface area (Å²) in [6.45, 7) is 0. The predicted octanol–water partition coefficient (Wildman–Crippen LogP) is 4.45. The molecule has 0 aliphatic carbocycles. The fourth-order valence-electron chi connectivity index (χ4n) is 1.58. The molecule has 2 aromatic rings. The van der Waals surface area contributed by atoms with E-state index in [0.29, 0.717) is 12.0 Å². The van der Waals surface area contributed by atoms with Crippen LogP contribution in [-0.2, 0) is 12.6 Å². The van der Waals surface area contributed by atoms with Gasteiger partial charge in [-0.3, -0.25) is 4.98 Å². The van der Waals surface area contributed by atoms with E-state index in [9.17, 15) is 13.2 Å². The zero-order valence-corrected chi connectivity index (χ0v) is 10.8. The van der Waals surface area contributed by atoms with E-state index in [1.54, 1.807) is 18.3 Å². The minimum Gasteiger partial charge on any atom is -0.260 e. The van der Waals surface area contributed by atoms with Crippen LogP contribution in [0.15, 0.2) is 47.1 Å². The van der Waals surface area contributed by atoms with E-state index in [1.807, 2.05) is 6.07 Å². The van der Waals surface area contributed by atoms with Crippen LogP contribution in [0.25, 0.3) is 0 Å². The summed E-state index contributed by atoms with van der Waals surface area (Å²) in [6.07, 6.45) is -2.29. The van der Waals surface area contributed by atoms with Crippen molar-refractivity contribution in [1.82, 2.24) is 4.98 Å². The van der Waals surface area contributed by atoms with Crippen LogP contribution in [0, 0.1) is 0 Å². The largest absolute Gasteiger partial charge is 0.416 e. The lowest BCUT2D eigenvalue weighted by molar-refractivity contribution is -0.137. The summed E-state index contributed by atoms with van der Waals surface area (Å²) in [5.74, 6) is 0. The molecule has 0 bridgehead atoms. The van der Waals surface area contributed by atoms with Gasteiger partial charge in [0, 0.05) is 22.8 Å². The Balaban J connectivity index is 2.22. The molecule has 0 radical (unpaired) electrons. The molecule has 0 amide bonds. The van der Waals surface area contributed by atoms with Crippen molar-refractivity contribution in [3.05, 3.63) is 63.9 Å². The fraction of sp³-hybridized carbons (Fsp3) is 0.154. The first-order chi connectivity index (χ1) is 8.45. The number of benzene rings is 1. The Labute approximate surface area is 111 Å². The van der Waals surface area contributed by atoms with Crippen molar-refractivity contribution in [2.75, 3.05) is 0 Å². The van der Waals surface area contributed by atoms with E-state index < -0.39 is 11.7 Å². The second-order valence-electron chi connectivity index (χ2n) is 3.84. The Kier molecular flexibility index (Phi) is 3.71. The molecule has 18 heavy (non-hydrogen) atoms. The lowest BCUT2D eigenvalue weighted by Crippen LogP contribution is -2.05. The molecule has 1 nitrogen and oxygen atoms in total. The maximum Gasteiger partial charge on any atom is 0.416 e. The molecule has 0 fully saturated rings. The Bertz CT molecular complexity index is 535. The second-order valence-corrected chi connectivity index (χ2v) is 4.76. The zero-order chi connectivity index (χ0) is 13.2. The Morgan fingerprint density at radius 2 is 1.89 bits per heavy atom.